The number of esters is 1. The van der Waals surface area contributed by atoms with E-state index in [0.717, 1.165) is 16.5 Å². The van der Waals surface area contributed by atoms with Crippen LogP contribution >= 0.6 is 11.6 Å². The largest absolute Gasteiger partial charge is 0.461 e. The highest BCUT2D eigenvalue weighted by Gasteiger charge is 2.21. The molecule has 6 heteroatoms. The van der Waals surface area contributed by atoms with Gasteiger partial charge in [0, 0.05) is 12.4 Å². The van der Waals surface area contributed by atoms with Crippen LogP contribution in [0.4, 0.5) is 0 Å². The smallest absolute Gasteiger partial charge is 0.355 e. The summed E-state index contributed by atoms with van der Waals surface area (Å²) in [4.78, 5) is 11.8. The third kappa shape index (κ3) is 1.76. The van der Waals surface area contributed by atoms with Gasteiger partial charge in [0.05, 0.1) is 18.3 Å². The molecule has 0 bridgehead atoms. The van der Waals surface area contributed by atoms with Gasteiger partial charge in [-0.3, -0.25) is 0 Å². The van der Waals surface area contributed by atoms with Gasteiger partial charge in [-0.25, -0.2) is 4.79 Å². The van der Waals surface area contributed by atoms with Crippen LogP contribution in [0.5, 0.6) is 0 Å². The number of hydrogen-bond acceptors (Lipinski definition) is 4. The average Bonchev–Trinajstić information content (AvgIpc) is 2.53. The molecule has 0 amide bonds. The Bertz CT molecular complexity index is 592. The zero-order valence-corrected chi connectivity index (χ0v) is 10.6. The van der Waals surface area contributed by atoms with Crippen LogP contribution in [0.15, 0.2) is 6.20 Å². The summed E-state index contributed by atoms with van der Waals surface area (Å²) in [6.45, 7) is 3.93. The quantitative estimate of drug-likeness (QED) is 0.769. The van der Waals surface area contributed by atoms with Crippen molar-refractivity contribution in [3.05, 3.63) is 22.6 Å². The zero-order valence-electron chi connectivity index (χ0n) is 9.82. The molecule has 0 aliphatic rings. The minimum absolute atomic E-state index is 0.297. The molecule has 0 atom stereocenters. The lowest BCUT2D eigenvalue weighted by Crippen LogP contribution is -2.11. The summed E-state index contributed by atoms with van der Waals surface area (Å²) in [7, 11) is 1.78. The molecule has 2 aromatic rings. The molecule has 2 aromatic heterocycles. The number of carbonyl (C=O) groups excluding carboxylic acids is 1. The van der Waals surface area contributed by atoms with Crippen molar-refractivity contribution < 1.29 is 9.53 Å². The highest BCUT2D eigenvalue weighted by atomic mass is 35.5. The molecule has 5 nitrogen and oxygen atoms in total. The van der Waals surface area contributed by atoms with E-state index in [1.165, 1.54) is 0 Å². The van der Waals surface area contributed by atoms with Crippen LogP contribution in [0.1, 0.15) is 23.0 Å². The summed E-state index contributed by atoms with van der Waals surface area (Å²) in [5.41, 5.74) is 2.02. The summed E-state index contributed by atoms with van der Waals surface area (Å²) in [5.74, 6) is -0.361. The van der Waals surface area contributed by atoms with E-state index >= 15 is 0 Å². The Morgan fingerprint density at radius 2 is 2.29 bits per heavy atom. The Kier molecular flexibility index (Phi) is 3.02. The zero-order chi connectivity index (χ0) is 12.6. The predicted molar refractivity (Wildman–Crippen MR) is 64.2 cm³/mol. The minimum Gasteiger partial charge on any atom is -0.461 e. The number of halogens is 1. The van der Waals surface area contributed by atoms with Crippen LogP contribution in [-0.4, -0.2) is 27.3 Å². The lowest BCUT2D eigenvalue weighted by atomic mass is 10.2. The summed E-state index contributed by atoms with van der Waals surface area (Å²) < 4.78 is 6.74. The van der Waals surface area contributed by atoms with Gasteiger partial charge in [-0.05, 0) is 19.4 Å². The number of rotatable bonds is 2. The van der Waals surface area contributed by atoms with Crippen molar-refractivity contribution in [2.75, 3.05) is 6.61 Å². The number of fused-ring (bicyclic) bond motifs is 1. The van der Waals surface area contributed by atoms with E-state index in [0.29, 0.717) is 17.5 Å². The first-order valence-corrected chi connectivity index (χ1v) is 5.59. The Morgan fingerprint density at radius 1 is 1.59 bits per heavy atom. The van der Waals surface area contributed by atoms with Crippen LogP contribution in [0.25, 0.3) is 10.9 Å². The van der Waals surface area contributed by atoms with Gasteiger partial charge in [-0.1, -0.05) is 11.6 Å². The number of nitrogens with zero attached hydrogens (tertiary/aromatic N) is 3. The molecule has 0 saturated carbocycles. The first-order valence-electron chi connectivity index (χ1n) is 5.21. The van der Waals surface area contributed by atoms with Crippen LogP contribution in [0.2, 0.25) is 5.15 Å². The third-order valence-electron chi connectivity index (χ3n) is 2.68. The molecule has 0 aliphatic carbocycles. The average molecular weight is 254 g/mol. The van der Waals surface area contributed by atoms with Gasteiger partial charge in [-0.15, -0.1) is 5.10 Å². The standard InChI is InChI=1S/C11H12ClN3O2/c1-4-17-11(16)9-6(2)8-7(15(9)3)5-13-14-10(8)12/h5H,4H2,1-3H3. The lowest BCUT2D eigenvalue weighted by Gasteiger charge is -2.04. The fourth-order valence-electron chi connectivity index (χ4n) is 1.94. The van der Waals surface area contributed by atoms with E-state index in [9.17, 15) is 4.79 Å². The Morgan fingerprint density at radius 3 is 2.88 bits per heavy atom. The molecule has 2 rings (SSSR count). The summed E-state index contributed by atoms with van der Waals surface area (Å²) in [6, 6.07) is 0. The van der Waals surface area contributed by atoms with Crippen molar-refractivity contribution in [2.24, 2.45) is 7.05 Å². The third-order valence-corrected chi connectivity index (χ3v) is 2.95. The van der Waals surface area contributed by atoms with Crippen molar-refractivity contribution in [3.8, 4) is 0 Å². The van der Waals surface area contributed by atoms with Gasteiger partial charge >= 0.3 is 5.97 Å². The van der Waals surface area contributed by atoms with Crippen molar-refractivity contribution in [1.82, 2.24) is 14.8 Å². The van der Waals surface area contributed by atoms with Crippen LogP contribution in [-0.2, 0) is 11.8 Å². The van der Waals surface area contributed by atoms with E-state index in [4.69, 9.17) is 16.3 Å². The van der Waals surface area contributed by atoms with E-state index in [-0.39, 0.29) is 5.97 Å². The summed E-state index contributed by atoms with van der Waals surface area (Å²) in [6.07, 6.45) is 1.58. The van der Waals surface area contributed by atoms with Gasteiger partial charge in [0.2, 0.25) is 0 Å². The van der Waals surface area contributed by atoms with Gasteiger partial charge in [0.25, 0.3) is 0 Å². The van der Waals surface area contributed by atoms with Crippen molar-refractivity contribution in [3.63, 3.8) is 0 Å². The molecule has 0 spiro atoms. The monoisotopic (exact) mass is 253 g/mol. The second-order valence-electron chi connectivity index (χ2n) is 3.65. The number of aryl methyl sites for hydroxylation is 2. The Balaban J connectivity index is 2.73. The molecule has 0 aliphatic heterocycles. The van der Waals surface area contributed by atoms with Gasteiger partial charge in [0.15, 0.2) is 5.15 Å². The Hall–Kier alpha value is -1.62. The maximum absolute atomic E-state index is 11.8. The Labute approximate surface area is 103 Å². The topological polar surface area (TPSA) is 57.0 Å². The number of aromatic nitrogens is 3. The van der Waals surface area contributed by atoms with Crippen molar-refractivity contribution in [2.45, 2.75) is 13.8 Å². The molecule has 2 heterocycles. The fourth-order valence-corrected chi connectivity index (χ4v) is 2.22. The van der Waals surface area contributed by atoms with Gasteiger partial charge < -0.3 is 9.30 Å². The second kappa shape index (κ2) is 4.33. The first kappa shape index (κ1) is 11.9. The highest BCUT2D eigenvalue weighted by Crippen LogP contribution is 2.28. The molecule has 0 unspecified atom stereocenters. The normalized spacial score (nSPS) is 10.8. The lowest BCUT2D eigenvalue weighted by molar-refractivity contribution is 0.0515. The highest BCUT2D eigenvalue weighted by molar-refractivity contribution is 6.34. The van der Waals surface area contributed by atoms with E-state index in [1.807, 2.05) is 6.92 Å². The molecule has 90 valence electrons. The number of ether oxygens (including phenoxy) is 1. The van der Waals surface area contributed by atoms with Gasteiger partial charge in [-0.2, -0.15) is 5.10 Å². The van der Waals surface area contributed by atoms with Crippen LogP contribution in [0, 0.1) is 6.92 Å². The number of hydrogen-bond donors (Lipinski definition) is 0. The molecule has 0 saturated heterocycles. The molecular weight excluding hydrogens is 242 g/mol. The molecule has 0 N–H and O–H groups in total. The van der Waals surface area contributed by atoms with E-state index in [2.05, 4.69) is 10.2 Å². The van der Waals surface area contributed by atoms with Crippen molar-refractivity contribution >= 4 is 28.5 Å². The fraction of sp³-hybridized carbons (Fsp3) is 0.364. The van der Waals surface area contributed by atoms with Crippen LogP contribution < -0.4 is 0 Å². The van der Waals surface area contributed by atoms with E-state index < -0.39 is 0 Å². The molecule has 0 radical (unpaired) electrons. The van der Waals surface area contributed by atoms with E-state index in [1.54, 1.807) is 24.7 Å². The second-order valence-corrected chi connectivity index (χ2v) is 4.01. The number of carbonyl (C=O) groups is 1. The first-order chi connectivity index (χ1) is 8.07. The molecule has 0 aromatic carbocycles. The summed E-state index contributed by atoms with van der Waals surface area (Å²) >= 11 is 5.99. The molecule has 17 heavy (non-hydrogen) atoms. The molecule has 0 fully saturated rings. The molecular formula is C11H12ClN3O2. The van der Waals surface area contributed by atoms with Gasteiger partial charge in [0.1, 0.15) is 5.69 Å². The minimum atomic E-state index is -0.361. The van der Waals surface area contributed by atoms with Crippen molar-refractivity contribution in [1.29, 1.82) is 0 Å². The van der Waals surface area contributed by atoms with Crippen LogP contribution in [0.3, 0.4) is 0 Å². The maximum Gasteiger partial charge on any atom is 0.355 e. The SMILES string of the molecule is CCOC(=O)c1c(C)c2c(Cl)nncc2n1C. The predicted octanol–water partition coefficient (Wildman–Crippen LogP) is 2.11. The summed E-state index contributed by atoms with van der Waals surface area (Å²) in [5, 5.41) is 8.60. The maximum atomic E-state index is 11.8.